The van der Waals surface area contributed by atoms with Crippen molar-refractivity contribution in [3.8, 4) is 0 Å². The molecular weight excluding hydrogens is 234 g/mol. The topological polar surface area (TPSA) is 20.3 Å². The first-order valence-corrected chi connectivity index (χ1v) is 7.42. The minimum Gasteiger partial charge on any atom is -0.300 e. The summed E-state index contributed by atoms with van der Waals surface area (Å²) >= 11 is 0. The molecule has 0 aromatic heterocycles. The van der Waals surface area contributed by atoms with Crippen molar-refractivity contribution in [3.63, 3.8) is 0 Å². The lowest BCUT2D eigenvalue weighted by Gasteiger charge is -2.37. The van der Waals surface area contributed by atoms with E-state index < -0.39 is 0 Å². The van der Waals surface area contributed by atoms with Gasteiger partial charge in [-0.25, -0.2) is 0 Å². The fourth-order valence-corrected chi connectivity index (χ4v) is 3.00. The van der Waals surface area contributed by atoms with Gasteiger partial charge in [-0.15, -0.1) is 0 Å². The van der Waals surface area contributed by atoms with Gasteiger partial charge in [0.1, 0.15) is 0 Å². The molecule has 2 heteroatoms. The van der Waals surface area contributed by atoms with Crippen LogP contribution in [0.2, 0.25) is 0 Å². The van der Waals surface area contributed by atoms with Gasteiger partial charge in [-0.3, -0.25) is 9.69 Å². The van der Waals surface area contributed by atoms with Crippen molar-refractivity contribution in [2.75, 3.05) is 13.1 Å². The second-order valence-corrected chi connectivity index (χ2v) is 5.88. The van der Waals surface area contributed by atoms with Gasteiger partial charge in [0, 0.05) is 24.6 Å². The number of ketones is 1. The second kappa shape index (κ2) is 6.33. The number of carbonyl (C=O) groups is 1. The third-order valence-corrected chi connectivity index (χ3v) is 4.58. The Morgan fingerprint density at radius 3 is 2.79 bits per heavy atom. The zero-order chi connectivity index (χ0) is 13.8. The Kier molecular flexibility index (Phi) is 4.76. The molecule has 0 bridgehead atoms. The number of nitrogens with zero attached hydrogens (tertiary/aromatic N) is 1. The number of Topliss-reactive ketones (excluding diaryl/α,β-unsaturated/α-hetero) is 1. The molecule has 0 aliphatic carbocycles. The highest BCUT2D eigenvalue weighted by atomic mass is 16.1. The molecule has 0 spiro atoms. The molecule has 0 N–H and O–H groups in total. The van der Waals surface area contributed by atoms with Gasteiger partial charge in [0.25, 0.3) is 0 Å². The maximum absolute atomic E-state index is 12.3. The van der Waals surface area contributed by atoms with Gasteiger partial charge >= 0.3 is 0 Å². The zero-order valence-corrected chi connectivity index (χ0v) is 12.4. The highest BCUT2D eigenvalue weighted by molar-refractivity contribution is 5.97. The Morgan fingerprint density at radius 2 is 2.05 bits per heavy atom. The molecule has 104 valence electrons. The molecule has 2 atom stereocenters. The van der Waals surface area contributed by atoms with Crippen LogP contribution in [0.25, 0.3) is 0 Å². The average Bonchev–Trinajstić information content (AvgIpc) is 2.40. The first-order chi connectivity index (χ1) is 9.09. The summed E-state index contributed by atoms with van der Waals surface area (Å²) < 4.78 is 0. The van der Waals surface area contributed by atoms with Crippen LogP contribution in [0.3, 0.4) is 0 Å². The van der Waals surface area contributed by atoms with Crippen LogP contribution in [0.4, 0.5) is 0 Å². The van der Waals surface area contributed by atoms with Crippen LogP contribution < -0.4 is 0 Å². The Bertz CT molecular complexity index is 441. The predicted octanol–water partition coefficient (Wildman–Crippen LogP) is 3.69. The molecule has 2 rings (SSSR count). The van der Waals surface area contributed by atoms with Gasteiger partial charge in [0.05, 0.1) is 0 Å². The molecule has 1 saturated heterocycles. The summed E-state index contributed by atoms with van der Waals surface area (Å²) in [7, 11) is 0. The first-order valence-electron chi connectivity index (χ1n) is 7.42. The third kappa shape index (κ3) is 3.44. The fourth-order valence-electron chi connectivity index (χ4n) is 3.00. The Labute approximate surface area is 116 Å². The Morgan fingerprint density at radius 1 is 1.32 bits per heavy atom. The lowest BCUT2D eigenvalue weighted by molar-refractivity contribution is 0.0877. The summed E-state index contributed by atoms with van der Waals surface area (Å²) in [5.41, 5.74) is 1.98. The molecule has 1 aliphatic rings. The predicted molar refractivity (Wildman–Crippen MR) is 79.6 cm³/mol. The van der Waals surface area contributed by atoms with E-state index in [9.17, 15) is 4.79 Å². The molecule has 1 fully saturated rings. The average molecular weight is 259 g/mol. The van der Waals surface area contributed by atoms with E-state index in [-0.39, 0.29) is 5.78 Å². The van der Waals surface area contributed by atoms with E-state index in [2.05, 4.69) is 18.7 Å². The zero-order valence-electron chi connectivity index (χ0n) is 12.4. The number of hydrogen-bond donors (Lipinski definition) is 0. The van der Waals surface area contributed by atoms with Crippen molar-refractivity contribution in [3.05, 3.63) is 35.4 Å². The summed E-state index contributed by atoms with van der Waals surface area (Å²) in [4.78, 5) is 14.7. The minimum absolute atomic E-state index is 0.281. The van der Waals surface area contributed by atoms with E-state index in [1.807, 2.05) is 31.2 Å². The van der Waals surface area contributed by atoms with Crippen LogP contribution in [0, 0.1) is 12.8 Å². The Hall–Kier alpha value is -1.15. The van der Waals surface area contributed by atoms with E-state index in [0.29, 0.717) is 12.5 Å². The minimum atomic E-state index is 0.281. The quantitative estimate of drug-likeness (QED) is 0.769. The lowest BCUT2D eigenvalue weighted by atomic mass is 9.91. The number of aryl methyl sites for hydroxylation is 1. The molecular formula is C17H25NO. The van der Waals surface area contributed by atoms with Crippen molar-refractivity contribution in [2.45, 2.75) is 46.1 Å². The molecule has 1 aromatic carbocycles. The number of piperidine rings is 1. The number of carbonyl (C=O) groups excluding carboxylic acids is 1. The van der Waals surface area contributed by atoms with E-state index in [4.69, 9.17) is 0 Å². The summed E-state index contributed by atoms with van der Waals surface area (Å²) in [6.07, 6.45) is 3.23. The van der Waals surface area contributed by atoms with E-state index in [0.717, 1.165) is 30.1 Å². The van der Waals surface area contributed by atoms with Crippen molar-refractivity contribution >= 4 is 5.78 Å². The summed E-state index contributed by atoms with van der Waals surface area (Å²) in [6.45, 7) is 8.67. The lowest BCUT2D eigenvalue weighted by Crippen LogP contribution is -2.43. The largest absolute Gasteiger partial charge is 0.300 e. The van der Waals surface area contributed by atoms with Crippen molar-refractivity contribution < 1.29 is 4.79 Å². The monoisotopic (exact) mass is 259 g/mol. The number of rotatable bonds is 4. The summed E-state index contributed by atoms with van der Waals surface area (Å²) in [6, 6.07) is 8.50. The van der Waals surface area contributed by atoms with Crippen molar-refractivity contribution in [2.24, 2.45) is 5.92 Å². The fraction of sp³-hybridized carbons (Fsp3) is 0.588. The normalized spacial score (nSPS) is 24.4. The van der Waals surface area contributed by atoms with Gasteiger partial charge in [0.15, 0.2) is 5.78 Å². The summed E-state index contributed by atoms with van der Waals surface area (Å²) in [5.74, 6) is 1.03. The molecule has 1 heterocycles. The second-order valence-electron chi connectivity index (χ2n) is 5.88. The van der Waals surface area contributed by atoms with Crippen LogP contribution in [0.15, 0.2) is 24.3 Å². The van der Waals surface area contributed by atoms with Crippen LogP contribution in [-0.4, -0.2) is 29.8 Å². The SMILES string of the molecule is Cc1ccccc1C(=O)CCN1CCCC(C)C1C. The Balaban J connectivity index is 1.92. The maximum Gasteiger partial charge on any atom is 0.164 e. The van der Waals surface area contributed by atoms with Gasteiger partial charge < -0.3 is 0 Å². The van der Waals surface area contributed by atoms with Gasteiger partial charge in [-0.2, -0.15) is 0 Å². The van der Waals surface area contributed by atoms with Crippen LogP contribution >= 0.6 is 0 Å². The van der Waals surface area contributed by atoms with E-state index in [1.54, 1.807) is 0 Å². The molecule has 2 nitrogen and oxygen atoms in total. The molecule has 1 aromatic rings. The number of likely N-dealkylation sites (tertiary alicyclic amines) is 1. The molecule has 2 unspecified atom stereocenters. The van der Waals surface area contributed by atoms with Crippen molar-refractivity contribution in [1.29, 1.82) is 0 Å². The molecule has 0 saturated carbocycles. The molecule has 0 amide bonds. The van der Waals surface area contributed by atoms with Gasteiger partial charge in [-0.05, 0) is 44.7 Å². The molecule has 1 aliphatic heterocycles. The molecule has 0 radical (unpaired) electrons. The van der Waals surface area contributed by atoms with Crippen LogP contribution in [0.5, 0.6) is 0 Å². The van der Waals surface area contributed by atoms with Crippen LogP contribution in [-0.2, 0) is 0 Å². The van der Waals surface area contributed by atoms with E-state index >= 15 is 0 Å². The smallest absolute Gasteiger partial charge is 0.164 e. The third-order valence-electron chi connectivity index (χ3n) is 4.58. The maximum atomic E-state index is 12.3. The standard InChI is InChI=1S/C17H25NO/c1-13-8-6-11-18(15(13)3)12-10-17(19)16-9-5-4-7-14(16)2/h4-5,7,9,13,15H,6,8,10-12H2,1-3H3. The van der Waals surface area contributed by atoms with Gasteiger partial charge in [0.2, 0.25) is 0 Å². The first kappa shape index (κ1) is 14.3. The van der Waals surface area contributed by atoms with Gasteiger partial charge in [-0.1, -0.05) is 31.2 Å². The highest BCUT2D eigenvalue weighted by Crippen LogP contribution is 2.23. The number of benzene rings is 1. The molecule has 19 heavy (non-hydrogen) atoms. The van der Waals surface area contributed by atoms with E-state index in [1.165, 1.54) is 12.8 Å². The van der Waals surface area contributed by atoms with Crippen LogP contribution in [0.1, 0.15) is 49.0 Å². The highest BCUT2D eigenvalue weighted by Gasteiger charge is 2.24. The number of hydrogen-bond acceptors (Lipinski definition) is 2. The van der Waals surface area contributed by atoms with Crippen molar-refractivity contribution in [1.82, 2.24) is 4.90 Å². The summed E-state index contributed by atoms with van der Waals surface area (Å²) in [5, 5.41) is 0.